The Morgan fingerprint density at radius 2 is 1.04 bits per heavy atom. The van der Waals surface area contributed by atoms with Crippen molar-refractivity contribution in [3.05, 3.63) is 175 Å². The van der Waals surface area contributed by atoms with E-state index in [-0.39, 0.29) is 40.7 Å². The summed E-state index contributed by atoms with van der Waals surface area (Å²) < 4.78 is 82.6. The first-order valence-electron chi connectivity index (χ1n) is 19.7. The molecule has 216 valence electrons. The van der Waals surface area contributed by atoms with Gasteiger partial charge in [0.05, 0.1) is 13.7 Å². The summed E-state index contributed by atoms with van der Waals surface area (Å²) >= 11 is 1.60. The predicted molar refractivity (Wildman–Crippen MR) is 193 cm³/mol. The molecule has 0 saturated carbocycles. The van der Waals surface area contributed by atoms with Gasteiger partial charge in [-0.3, -0.25) is 0 Å². The van der Waals surface area contributed by atoms with E-state index in [2.05, 4.69) is 62.4 Å². The van der Waals surface area contributed by atoms with Crippen LogP contribution in [0.15, 0.2) is 164 Å². The molecule has 1 nitrogen and oxygen atoms in total. The standard InChI is InChI=1S/C43H33NS/c1-43(2)39-16-10-9-15-37(39)38-26-21-34(29-40(38)43)41-27-28-42(45-41)44(35-22-17-32(18-23-35)30-11-5-3-6-12-30)36-24-19-33(20-25-36)31-13-7-4-8-14-31/h3-29H,1-2H3/i3D,4D,5D,6D,7D,8D,11D,12D,13D,14D. The Labute approximate surface area is 283 Å². The summed E-state index contributed by atoms with van der Waals surface area (Å²) in [5.74, 6) is 0. The van der Waals surface area contributed by atoms with Crippen molar-refractivity contribution in [3.63, 3.8) is 0 Å². The van der Waals surface area contributed by atoms with Crippen LogP contribution in [0.3, 0.4) is 0 Å². The molecule has 1 aromatic heterocycles. The zero-order chi connectivity index (χ0) is 39.1. The van der Waals surface area contributed by atoms with Crippen LogP contribution in [-0.4, -0.2) is 0 Å². The quantitative estimate of drug-likeness (QED) is 0.182. The third kappa shape index (κ3) is 4.88. The highest BCUT2D eigenvalue weighted by atomic mass is 32.1. The van der Waals surface area contributed by atoms with Crippen molar-refractivity contribution in [2.24, 2.45) is 0 Å². The molecule has 6 aromatic carbocycles. The summed E-state index contributed by atoms with van der Waals surface area (Å²) in [6, 6.07) is 30.0. The molecule has 2 heteroatoms. The summed E-state index contributed by atoms with van der Waals surface area (Å²) in [4.78, 5) is 3.10. The fraction of sp³-hybridized carbons (Fsp3) is 0.0698. The molecule has 1 heterocycles. The van der Waals surface area contributed by atoms with E-state index in [1.165, 1.54) is 22.3 Å². The summed E-state index contributed by atoms with van der Waals surface area (Å²) in [6.07, 6.45) is 0. The van der Waals surface area contributed by atoms with Crippen LogP contribution in [0, 0.1) is 0 Å². The van der Waals surface area contributed by atoms with Gasteiger partial charge in [-0.1, -0.05) is 135 Å². The minimum absolute atomic E-state index is 0.118. The van der Waals surface area contributed by atoms with E-state index in [0.29, 0.717) is 11.1 Å². The molecule has 0 saturated heterocycles. The molecule has 1 aliphatic rings. The first kappa shape index (κ1) is 18.6. The molecular weight excluding hydrogens is 563 g/mol. The van der Waals surface area contributed by atoms with Gasteiger partial charge in [-0.2, -0.15) is 0 Å². The van der Waals surface area contributed by atoms with E-state index in [1.54, 1.807) is 35.6 Å². The van der Waals surface area contributed by atoms with E-state index in [4.69, 9.17) is 13.7 Å². The SMILES string of the molecule is [2H]c1c([2H])c([2H])c(-c2ccc(N(c3ccc(-c4c([2H])c([2H])c([2H])c([2H])c4[2H])cc3)c3ccc(-c4ccc5c(c4)C(C)(C)c4ccccc4-5)s3)cc2)c([2H])c1[2H]. The van der Waals surface area contributed by atoms with Crippen molar-refractivity contribution in [2.45, 2.75) is 19.3 Å². The van der Waals surface area contributed by atoms with Gasteiger partial charge in [0.1, 0.15) is 5.00 Å². The van der Waals surface area contributed by atoms with Crippen molar-refractivity contribution in [1.82, 2.24) is 0 Å². The number of hydrogen-bond donors (Lipinski definition) is 0. The maximum atomic E-state index is 8.49. The monoisotopic (exact) mass is 605 g/mol. The molecule has 0 radical (unpaired) electrons. The van der Waals surface area contributed by atoms with Crippen LogP contribution in [-0.2, 0) is 5.41 Å². The lowest BCUT2D eigenvalue weighted by Gasteiger charge is -2.24. The molecule has 0 N–H and O–H groups in total. The highest BCUT2D eigenvalue weighted by Crippen LogP contribution is 2.50. The Hall–Kier alpha value is -5.18. The minimum atomic E-state index is -0.446. The van der Waals surface area contributed by atoms with Gasteiger partial charge < -0.3 is 4.90 Å². The average Bonchev–Trinajstić information content (AvgIpc) is 3.76. The lowest BCUT2D eigenvalue weighted by molar-refractivity contribution is 0.660. The second-order valence-corrected chi connectivity index (χ2v) is 12.6. The van der Waals surface area contributed by atoms with E-state index < -0.39 is 36.3 Å². The van der Waals surface area contributed by atoms with Gasteiger partial charge in [0.25, 0.3) is 0 Å². The first-order valence-corrected chi connectivity index (χ1v) is 15.5. The molecule has 0 atom stereocenters. The van der Waals surface area contributed by atoms with Gasteiger partial charge in [-0.05, 0) is 92.5 Å². The fourth-order valence-electron chi connectivity index (χ4n) is 6.21. The van der Waals surface area contributed by atoms with Crippen molar-refractivity contribution < 1.29 is 13.7 Å². The second-order valence-electron chi connectivity index (χ2n) is 11.5. The van der Waals surface area contributed by atoms with Gasteiger partial charge in [-0.15, -0.1) is 11.3 Å². The van der Waals surface area contributed by atoms with Crippen LogP contribution >= 0.6 is 11.3 Å². The van der Waals surface area contributed by atoms with Gasteiger partial charge in [0.2, 0.25) is 0 Å². The zero-order valence-corrected chi connectivity index (χ0v) is 25.5. The Bertz CT molecular complexity index is 2510. The molecule has 0 fully saturated rings. The number of hydrogen-bond acceptors (Lipinski definition) is 2. The number of nitrogens with zero attached hydrogens (tertiary/aromatic N) is 1. The first-order chi connectivity index (χ1) is 26.2. The molecule has 7 aromatic rings. The average molecular weight is 606 g/mol. The van der Waals surface area contributed by atoms with E-state index in [9.17, 15) is 0 Å². The zero-order valence-electron chi connectivity index (χ0n) is 34.7. The molecule has 0 spiro atoms. The van der Waals surface area contributed by atoms with E-state index in [0.717, 1.165) is 26.8 Å². The molecule has 0 amide bonds. The van der Waals surface area contributed by atoms with Crippen LogP contribution in [0.5, 0.6) is 0 Å². The molecule has 0 aliphatic heterocycles. The molecule has 1 aliphatic carbocycles. The number of thiophene rings is 1. The third-order valence-electron chi connectivity index (χ3n) is 8.51. The third-order valence-corrected chi connectivity index (χ3v) is 9.63. The van der Waals surface area contributed by atoms with Crippen LogP contribution in [0.1, 0.15) is 38.7 Å². The van der Waals surface area contributed by atoms with Gasteiger partial charge >= 0.3 is 0 Å². The second kappa shape index (κ2) is 11.1. The van der Waals surface area contributed by atoms with Crippen LogP contribution < -0.4 is 4.90 Å². The number of benzene rings is 6. The smallest absolute Gasteiger partial charge is 0.101 e. The molecule has 0 bridgehead atoms. The maximum absolute atomic E-state index is 8.49. The highest BCUT2D eigenvalue weighted by molar-refractivity contribution is 7.19. The van der Waals surface area contributed by atoms with Gasteiger partial charge in [0.15, 0.2) is 0 Å². The predicted octanol–water partition coefficient (Wildman–Crippen LogP) is 12.5. The van der Waals surface area contributed by atoms with Crippen molar-refractivity contribution >= 4 is 27.7 Å². The Kier molecular flexibility index (Phi) is 4.57. The Morgan fingerprint density at radius 1 is 0.511 bits per heavy atom. The normalized spacial score (nSPS) is 16.0. The van der Waals surface area contributed by atoms with Crippen molar-refractivity contribution in [1.29, 1.82) is 0 Å². The van der Waals surface area contributed by atoms with Gasteiger partial charge in [-0.25, -0.2) is 0 Å². The van der Waals surface area contributed by atoms with Crippen LogP contribution in [0.4, 0.5) is 16.4 Å². The minimum Gasteiger partial charge on any atom is -0.302 e. The van der Waals surface area contributed by atoms with Crippen molar-refractivity contribution in [2.75, 3.05) is 4.90 Å². The van der Waals surface area contributed by atoms with Crippen LogP contribution in [0.25, 0.3) is 43.8 Å². The Balaban J connectivity index is 1.22. The van der Waals surface area contributed by atoms with Gasteiger partial charge in [0, 0.05) is 21.7 Å². The Morgan fingerprint density at radius 3 is 1.64 bits per heavy atom. The summed E-state index contributed by atoms with van der Waals surface area (Å²) in [7, 11) is 0. The topological polar surface area (TPSA) is 3.24 Å². The lowest BCUT2D eigenvalue weighted by atomic mass is 9.82. The lowest BCUT2D eigenvalue weighted by Crippen LogP contribution is -2.14. The highest BCUT2D eigenvalue weighted by Gasteiger charge is 2.35. The maximum Gasteiger partial charge on any atom is 0.101 e. The summed E-state index contributed by atoms with van der Waals surface area (Å²) in [5.41, 5.74) is 8.67. The molecule has 8 rings (SSSR count). The van der Waals surface area contributed by atoms with E-state index >= 15 is 0 Å². The van der Waals surface area contributed by atoms with E-state index in [1.807, 2.05) is 35.2 Å². The number of fused-ring (bicyclic) bond motifs is 3. The summed E-state index contributed by atoms with van der Waals surface area (Å²) in [6.45, 7) is 4.51. The molecule has 45 heavy (non-hydrogen) atoms. The fourth-order valence-corrected chi connectivity index (χ4v) is 7.25. The summed E-state index contributed by atoms with van der Waals surface area (Å²) in [5, 5.41) is 0.879. The number of rotatable bonds is 6. The molecule has 0 unspecified atom stereocenters. The van der Waals surface area contributed by atoms with Crippen molar-refractivity contribution in [3.8, 4) is 43.8 Å². The largest absolute Gasteiger partial charge is 0.302 e. The van der Waals surface area contributed by atoms with Crippen LogP contribution in [0.2, 0.25) is 0 Å². The molecular formula is C43H33NS. The number of anilines is 3.